The lowest BCUT2D eigenvalue weighted by Crippen LogP contribution is -2.15. The highest BCUT2D eigenvalue weighted by atomic mass is 16.5. The molecular formula is C17H26N4O. The Morgan fingerprint density at radius 3 is 2.41 bits per heavy atom. The molecule has 1 heterocycles. The van der Waals surface area contributed by atoms with E-state index in [1.807, 2.05) is 31.2 Å². The van der Waals surface area contributed by atoms with E-state index < -0.39 is 0 Å². The highest BCUT2D eigenvalue weighted by molar-refractivity contribution is 5.55. The van der Waals surface area contributed by atoms with Crippen LogP contribution in [-0.4, -0.2) is 26.8 Å². The van der Waals surface area contributed by atoms with Crippen molar-refractivity contribution in [2.75, 3.05) is 6.61 Å². The third-order valence-electron chi connectivity index (χ3n) is 3.82. The Morgan fingerprint density at radius 1 is 1.09 bits per heavy atom. The maximum atomic E-state index is 5.84. The Bertz CT molecular complexity index is 575. The third-order valence-corrected chi connectivity index (χ3v) is 3.82. The van der Waals surface area contributed by atoms with Crippen molar-refractivity contribution >= 4 is 0 Å². The van der Waals surface area contributed by atoms with Crippen molar-refractivity contribution in [1.29, 1.82) is 0 Å². The van der Waals surface area contributed by atoms with Crippen molar-refractivity contribution in [1.82, 2.24) is 20.2 Å². The van der Waals surface area contributed by atoms with Crippen LogP contribution < -0.4 is 4.74 Å². The molecule has 22 heavy (non-hydrogen) atoms. The molecule has 0 saturated heterocycles. The van der Waals surface area contributed by atoms with E-state index in [1.165, 1.54) is 12.8 Å². The first kappa shape index (κ1) is 16.5. The largest absolute Gasteiger partial charge is 0.494 e. The van der Waals surface area contributed by atoms with Crippen LogP contribution in [0.1, 0.15) is 47.0 Å². The van der Waals surface area contributed by atoms with E-state index in [2.05, 4.69) is 36.2 Å². The van der Waals surface area contributed by atoms with Crippen LogP contribution in [0.4, 0.5) is 0 Å². The summed E-state index contributed by atoms with van der Waals surface area (Å²) in [5, 5.41) is 12.3. The predicted molar refractivity (Wildman–Crippen MR) is 87.7 cm³/mol. The van der Waals surface area contributed by atoms with Crippen molar-refractivity contribution in [3.8, 4) is 17.1 Å². The van der Waals surface area contributed by atoms with Crippen molar-refractivity contribution < 1.29 is 4.74 Å². The van der Waals surface area contributed by atoms with Gasteiger partial charge in [0.05, 0.1) is 13.2 Å². The Kier molecular flexibility index (Phi) is 5.52. The maximum absolute atomic E-state index is 5.84. The summed E-state index contributed by atoms with van der Waals surface area (Å²) < 4.78 is 5.84. The smallest absolute Gasteiger partial charge is 0.204 e. The minimum Gasteiger partial charge on any atom is -0.494 e. The van der Waals surface area contributed by atoms with E-state index in [0.717, 1.165) is 30.9 Å². The van der Waals surface area contributed by atoms with E-state index in [-0.39, 0.29) is 0 Å². The molecule has 0 amide bonds. The number of benzene rings is 1. The van der Waals surface area contributed by atoms with Crippen LogP contribution in [0.5, 0.6) is 5.75 Å². The number of aromatic nitrogens is 4. The zero-order chi connectivity index (χ0) is 16.0. The van der Waals surface area contributed by atoms with E-state index in [9.17, 15) is 0 Å². The second kappa shape index (κ2) is 7.38. The lowest BCUT2D eigenvalue weighted by atomic mass is 9.85. The highest BCUT2D eigenvalue weighted by Gasteiger charge is 2.16. The molecule has 0 bridgehead atoms. The summed E-state index contributed by atoms with van der Waals surface area (Å²) in [6.07, 6.45) is 3.51. The molecule has 0 saturated carbocycles. The average molecular weight is 302 g/mol. The fourth-order valence-electron chi connectivity index (χ4n) is 2.44. The molecule has 0 unspecified atom stereocenters. The minimum atomic E-state index is 0.345. The Labute approximate surface area is 132 Å². The normalized spacial score (nSPS) is 11.6. The zero-order valence-electron chi connectivity index (χ0n) is 14.0. The highest BCUT2D eigenvalue weighted by Crippen LogP contribution is 2.27. The monoisotopic (exact) mass is 302 g/mol. The summed E-state index contributed by atoms with van der Waals surface area (Å²) in [5.41, 5.74) is 1.30. The summed E-state index contributed by atoms with van der Waals surface area (Å²) in [5.74, 6) is 1.54. The number of hydrogen-bond acceptors (Lipinski definition) is 4. The van der Waals surface area contributed by atoms with E-state index in [1.54, 1.807) is 4.80 Å². The van der Waals surface area contributed by atoms with Gasteiger partial charge in [0, 0.05) is 5.56 Å². The van der Waals surface area contributed by atoms with Crippen LogP contribution in [0.25, 0.3) is 11.4 Å². The molecule has 0 aliphatic heterocycles. The van der Waals surface area contributed by atoms with Crippen LogP contribution in [0.2, 0.25) is 0 Å². The molecular weight excluding hydrogens is 276 g/mol. The number of aryl methyl sites for hydroxylation is 1. The molecule has 0 spiro atoms. The van der Waals surface area contributed by atoms with Crippen LogP contribution in [0.3, 0.4) is 0 Å². The summed E-state index contributed by atoms with van der Waals surface area (Å²) in [6, 6.07) is 7.89. The molecule has 0 aliphatic carbocycles. The Hall–Kier alpha value is -1.91. The van der Waals surface area contributed by atoms with Gasteiger partial charge in [-0.2, -0.15) is 4.80 Å². The molecule has 0 N–H and O–H groups in total. The fraction of sp³-hybridized carbons (Fsp3) is 0.588. The quantitative estimate of drug-likeness (QED) is 0.740. The summed E-state index contributed by atoms with van der Waals surface area (Å²) >= 11 is 0. The van der Waals surface area contributed by atoms with Crippen molar-refractivity contribution in [3.63, 3.8) is 0 Å². The second-order valence-corrected chi connectivity index (χ2v) is 6.34. The molecule has 0 radical (unpaired) electrons. The topological polar surface area (TPSA) is 52.8 Å². The van der Waals surface area contributed by atoms with Gasteiger partial charge in [0.25, 0.3) is 0 Å². The van der Waals surface area contributed by atoms with Crippen LogP contribution in [0, 0.1) is 5.41 Å². The first-order chi connectivity index (χ1) is 10.5. The van der Waals surface area contributed by atoms with E-state index >= 15 is 0 Å². The minimum absolute atomic E-state index is 0.345. The van der Waals surface area contributed by atoms with Gasteiger partial charge in [-0.25, -0.2) is 0 Å². The van der Waals surface area contributed by atoms with Crippen molar-refractivity contribution in [2.24, 2.45) is 5.41 Å². The second-order valence-electron chi connectivity index (χ2n) is 6.34. The van der Waals surface area contributed by atoms with Gasteiger partial charge >= 0.3 is 0 Å². The molecule has 5 heteroatoms. The van der Waals surface area contributed by atoms with Crippen LogP contribution in [0.15, 0.2) is 24.3 Å². The van der Waals surface area contributed by atoms with Crippen LogP contribution >= 0.6 is 0 Å². The van der Waals surface area contributed by atoms with Gasteiger partial charge in [0.1, 0.15) is 5.75 Å². The molecule has 2 aromatic rings. The van der Waals surface area contributed by atoms with Gasteiger partial charge in [0.15, 0.2) is 0 Å². The lowest BCUT2D eigenvalue weighted by Gasteiger charge is -2.23. The number of hydrogen-bond donors (Lipinski definition) is 0. The predicted octanol–water partition coefficient (Wildman–Crippen LogP) is 3.96. The fourth-order valence-corrected chi connectivity index (χ4v) is 2.44. The van der Waals surface area contributed by atoms with Gasteiger partial charge < -0.3 is 4.74 Å². The summed E-state index contributed by atoms with van der Waals surface area (Å²) in [4.78, 5) is 1.58. The molecule has 1 aromatic carbocycles. The zero-order valence-corrected chi connectivity index (χ0v) is 14.0. The molecule has 120 valence electrons. The summed E-state index contributed by atoms with van der Waals surface area (Å²) in [6.45, 7) is 10.3. The molecule has 0 atom stereocenters. The first-order valence-electron chi connectivity index (χ1n) is 8.05. The standard InChI is InChI=1S/C17H26N4O/c1-5-11-17(3,4)12-13-22-15-9-7-14(8-10-15)16-18-20-21(6-2)19-16/h7-10H,5-6,11-13H2,1-4H3. The van der Waals surface area contributed by atoms with Gasteiger partial charge in [-0.1, -0.05) is 27.2 Å². The van der Waals surface area contributed by atoms with Crippen LogP contribution in [-0.2, 0) is 6.54 Å². The molecule has 0 fully saturated rings. The van der Waals surface area contributed by atoms with E-state index in [0.29, 0.717) is 11.2 Å². The number of tetrazole rings is 1. The van der Waals surface area contributed by atoms with Gasteiger partial charge in [0.2, 0.25) is 5.82 Å². The first-order valence-corrected chi connectivity index (χ1v) is 8.05. The third kappa shape index (κ3) is 4.55. The summed E-state index contributed by atoms with van der Waals surface area (Å²) in [7, 11) is 0. The van der Waals surface area contributed by atoms with Crippen molar-refractivity contribution in [2.45, 2.75) is 53.5 Å². The SMILES string of the molecule is CCCC(C)(C)CCOc1ccc(-c2nnn(CC)n2)cc1. The van der Waals surface area contributed by atoms with Gasteiger partial charge in [-0.15, -0.1) is 10.2 Å². The number of rotatable bonds is 8. The maximum Gasteiger partial charge on any atom is 0.204 e. The average Bonchev–Trinajstić information content (AvgIpc) is 2.96. The van der Waals surface area contributed by atoms with Gasteiger partial charge in [-0.3, -0.25) is 0 Å². The van der Waals surface area contributed by atoms with E-state index in [4.69, 9.17) is 4.74 Å². The number of nitrogens with zero attached hydrogens (tertiary/aromatic N) is 4. The Balaban J connectivity index is 1.89. The molecule has 5 nitrogen and oxygen atoms in total. The lowest BCUT2D eigenvalue weighted by molar-refractivity contribution is 0.216. The van der Waals surface area contributed by atoms with Crippen molar-refractivity contribution in [3.05, 3.63) is 24.3 Å². The molecule has 1 aromatic heterocycles. The molecule has 2 rings (SSSR count). The van der Waals surface area contributed by atoms with Gasteiger partial charge in [-0.05, 0) is 54.7 Å². The number of ether oxygens (including phenoxy) is 1. The molecule has 0 aliphatic rings. The Morgan fingerprint density at radius 2 is 1.82 bits per heavy atom.